The second kappa shape index (κ2) is 11.1. The Labute approximate surface area is 189 Å². The molecule has 32 heavy (non-hydrogen) atoms. The molecule has 0 N–H and O–H groups in total. The standard InChI is InChI=1S/C24H34N4O4/c1-5-23-25-22(26-32-23)16-28(19(4)29)20-11-12-27(15-20)24(30)8-6-7-13-31-21-14-17(2)9-10-18(21)3/h9-10,14,20H,5-8,11-13,15-16H2,1-4H3/t20-/m1/s1. The van der Waals surface area contributed by atoms with Crippen molar-refractivity contribution in [2.24, 2.45) is 0 Å². The number of rotatable bonds is 10. The van der Waals surface area contributed by atoms with Crippen molar-refractivity contribution in [3.8, 4) is 5.75 Å². The lowest BCUT2D eigenvalue weighted by Crippen LogP contribution is -2.41. The lowest BCUT2D eigenvalue weighted by molar-refractivity contribution is -0.134. The van der Waals surface area contributed by atoms with Gasteiger partial charge in [-0.1, -0.05) is 24.2 Å². The molecule has 1 aliphatic rings. The van der Waals surface area contributed by atoms with Crippen LogP contribution in [0.4, 0.5) is 0 Å². The number of aryl methyl sites for hydroxylation is 3. The molecule has 1 fully saturated rings. The molecule has 0 spiro atoms. The Morgan fingerprint density at radius 2 is 2.09 bits per heavy atom. The van der Waals surface area contributed by atoms with Gasteiger partial charge in [-0.2, -0.15) is 4.98 Å². The van der Waals surface area contributed by atoms with Crippen LogP contribution >= 0.6 is 0 Å². The van der Waals surface area contributed by atoms with Gasteiger partial charge in [0, 0.05) is 32.9 Å². The zero-order valence-corrected chi connectivity index (χ0v) is 19.6. The third kappa shape index (κ3) is 6.31. The molecule has 1 saturated heterocycles. The molecule has 2 amide bonds. The van der Waals surface area contributed by atoms with E-state index >= 15 is 0 Å². The predicted molar refractivity (Wildman–Crippen MR) is 120 cm³/mol. The van der Waals surface area contributed by atoms with E-state index in [0.717, 1.165) is 30.6 Å². The second-order valence-corrected chi connectivity index (χ2v) is 8.46. The van der Waals surface area contributed by atoms with Crippen molar-refractivity contribution in [1.29, 1.82) is 0 Å². The van der Waals surface area contributed by atoms with Crippen molar-refractivity contribution in [2.75, 3.05) is 19.7 Å². The molecule has 0 unspecified atom stereocenters. The number of benzene rings is 1. The van der Waals surface area contributed by atoms with Crippen LogP contribution in [0.25, 0.3) is 0 Å². The van der Waals surface area contributed by atoms with Gasteiger partial charge in [0.1, 0.15) is 5.75 Å². The number of ether oxygens (including phenoxy) is 1. The third-order valence-corrected chi connectivity index (χ3v) is 5.87. The van der Waals surface area contributed by atoms with Crippen LogP contribution < -0.4 is 4.74 Å². The van der Waals surface area contributed by atoms with Gasteiger partial charge >= 0.3 is 0 Å². The number of aromatic nitrogens is 2. The quantitative estimate of drug-likeness (QED) is 0.524. The predicted octanol–water partition coefficient (Wildman–Crippen LogP) is 3.45. The van der Waals surface area contributed by atoms with E-state index in [1.807, 2.05) is 31.7 Å². The number of carbonyl (C=O) groups excluding carboxylic acids is 2. The molecule has 2 aromatic rings. The van der Waals surface area contributed by atoms with Crippen LogP contribution in [0.1, 0.15) is 62.4 Å². The van der Waals surface area contributed by atoms with Crippen LogP contribution in [-0.4, -0.2) is 57.5 Å². The Bertz CT molecular complexity index is 926. The van der Waals surface area contributed by atoms with Gasteiger partial charge in [0.05, 0.1) is 19.2 Å². The van der Waals surface area contributed by atoms with Crippen LogP contribution in [-0.2, 0) is 22.6 Å². The zero-order chi connectivity index (χ0) is 23.1. The molecule has 1 aliphatic heterocycles. The van der Waals surface area contributed by atoms with Gasteiger partial charge in [-0.05, 0) is 50.3 Å². The summed E-state index contributed by atoms with van der Waals surface area (Å²) in [5, 5.41) is 3.95. The molecule has 0 radical (unpaired) electrons. The molecular formula is C24H34N4O4. The van der Waals surface area contributed by atoms with E-state index in [2.05, 4.69) is 22.3 Å². The fourth-order valence-corrected chi connectivity index (χ4v) is 3.95. The zero-order valence-electron chi connectivity index (χ0n) is 19.6. The molecule has 0 bridgehead atoms. The smallest absolute Gasteiger partial charge is 0.226 e. The summed E-state index contributed by atoms with van der Waals surface area (Å²) in [4.78, 5) is 32.8. The van der Waals surface area contributed by atoms with Crippen LogP contribution in [0, 0.1) is 13.8 Å². The summed E-state index contributed by atoms with van der Waals surface area (Å²) in [6.07, 6.45) is 3.53. The highest BCUT2D eigenvalue weighted by molar-refractivity contribution is 5.77. The molecule has 3 rings (SSSR count). The van der Waals surface area contributed by atoms with E-state index in [0.29, 0.717) is 50.8 Å². The van der Waals surface area contributed by atoms with Crippen molar-refractivity contribution >= 4 is 11.8 Å². The number of likely N-dealkylation sites (tertiary alicyclic amines) is 1. The van der Waals surface area contributed by atoms with Gasteiger partial charge in [-0.3, -0.25) is 9.59 Å². The number of hydrogen-bond acceptors (Lipinski definition) is 6. The average molecular weight is 443 g/mol. The summed E-state index contributed by atoms with van der Waals surface area (Å²) in [5.74, 6) is 2.07. The lowest BCUT2D eigenvalue weighted by Gasteiger charge is -2.26. The first-order valence-electron chi connectivity index (χ1n) is 11.4. The molecular weight excluding hydrogens is 408 g/mol. The minimum atomic E-state index is -0.0456. The Balaban J connectivity index is 1.41. The number of carbonyl (C=O) groups is 2. The van der Waals surface area contributed by atoms with E-state index in [1.54, 1.807) is 11.8 Å². The highest BCUT2D eigenvalue weighted by Crippen LogP contribution is 2.21. The minimum absolute atomic E-state index is 0.0207. The highest BCUT2D eigenvalue weighted by Gasteiger charge is 2.32. The van der Waals surface area contributed by atoms with Gasteiger partial charge in [0.25, 0.3) is 0 Å². The lowest BCUT2D eigenvalue weighted by atomic mass is 10.1. The van der Waals surface area contributed by atoms with Crippen LogP contribution in [0.5, 0.6) is 5.75 Å². The van der Waals surface area contributed by atoms with Crippen molar-refractivity contribution in [1.82, 2.24) is 19.9 Å². The van der Waals surface area contributed by atoms with Crippen LogP contribution in [0.2, 0.25) is 0 Å². The first-order valence-corrected chi connectivity index (χ1v) is 11.4. The fraction of sp³-hybridized carbons (Fsp3) is 0.583. The number of amides is 2. The van der Waals surface area contributed by atoms with E-state index in [9.17, 15) is 9.59 Å². The van der Waals surface area contributed by atoms with Gasteiger partial charge in [0.2, 0.25) is 17.7 Å². The monoisotopic (exact) mass is 442 g/mol. The highest BCUT2D eigenvalue weighted by atomic mass is 16.5. The van der Waals surface area contributed by atoms with E-state index < -0.39 is 0 Å². The van der Waals surface area contributed by atoms with Gasteiger partial charge in [-0.25, -0.2) is 0 Å². The van der Waals surface area contributed by atoms with E-state index in [-0.39, 0.29) is 17.9 Å². The fourth-order valence-electron chi connectivity index (χ4n) is 3.95. The topological polar surface area (TPSA) is 88.8 Å². The summed E-state index contributed by atoms with van der Waals surface area (Å²) in [6.45, 7) is 9.69. The van der Waals surface area contributed by atoms with Crippen molar-refractivity contribution < 1.29 is 18.8 Å². The first kappa shape index (κ1) is 23.8. The molecule has 8 heteroatoms. The maximum atomic E-state index is 12.7. The van der Waals surface area contributed by atoms with Gasteiger partial charge in [-0.15, -0.1) is 0 Å². The number of hydrogen-bond donors (Lipinski definition) is 0. The van der Waals surface area contributed by atoms with Crippen LogP contribution in [0.3, 0.4) is 0 Å². The molecule has 1 aromatic heterocycles. The largest absolute Gasteiger partial charge is 0.493 e. The van der Waals surface area contributed by atoms with Crippen molar-refractivity contribution in [2.45, 2.75) is 72.4 Å². The number of unbranched alkanes of at least 4 members (excludes halogenated alkanes) is 1. The molecule has 1 atom stereocenters. The maximum absolute atomic E-state index is 12.7. The van der Waals surface area contributed by atoms with E-state index in [4.69, 9.17) is 9.26 Å². The average Bonchev–Trinajstić information content (AvgIpc) is 3.43. The molecule has 0 aliphatic carbocycles. The summed E-state index contributed by atoms with van der Waals surface area (Å²) in [7, 11) is 0. The maximum Gasteiger partial charge on any atom is 0.226 e. The Kier molecular flexibility index (Phi) is 8.25. The SMILES string of the molecule is CCc1nc(CN(C(C)=O)[C@@H]2CCN(C(=O)CCCCOc3cc(C)ccc3C)C2)no1. The molecule has 2 heterocycles. The summed E-state index contributed by atoms with van der Waals surface area (Å²) >= 11 is 0. The number of nitrogens with zero attached hydrogens (tertiary/aromatic N) is 4. The van der Waals surface area contributed by atoms with Crippen molar-refractivity contribution in [3.05, 3.63) is 41.0 Å². The molecule has 1 aromatic carbocycles. The summed E-state index contributed by atoms with van der Waals surface area (Å²) < 4.78 is 11.0. The van der Waals surface area contributed by atoms with E-state index in [1.165, 1.54) is 5.56 Å². The summed E-state index contributed by atoms with van der Waals surface area (Å²) in [5.41, 5.74) is 2.30. The Hall–Kier alpha value is -2.90. The van der Waals surface area contributed by atoms with Gasteiger partial charge in [0.15, 0.2) is 5.82 Å². The van der Waals surface area contributed by atoms with Crippen LogP contribution in [0.15, 0.2) is 22.7 Å². The minimum Gasteiger partial charge on any atom is -0.493 e. The Morgan fingerprint density at radius 1 is 1.28 bits per heavy atom. The Morgan fingerprint density at radius 3 is 2.81 bits per heavy atom. The molecule has 8 nitrogen and oxygen atoms in total. The third-order valence-electron chi connectivity index (χ3n) is 5.87. The molecule has 0 saturated carbocycles. The van der Waals surface area contributed by atoms with Gasteiger partial charge < -0.3 is 19.1 Å². The first-order chi connectivity index (χ1) is 15.4. The summed E-state index contributed by atoms with van der Waals surface area (Å²) in [6, 6.07) is 6.15. The normalized spacial score (nSPS) is 15.8. The second-order valence-electron chi connectivity index (χ2n) is 8.46. The van der Waals surface area contributed by atoms with Crippen molar-refractivity contribution in [3.63, 3.8) is 0 Å². The molecule has 174 valence electrons.